The van der Waals surface area contributed by atoms with Gasteiger partial charge in [-0.1, -0.05) is 23.7 Å². The summed E-state index contributed by atoms with van der Waals surface area (Å²) < 4.78 is 28.2. The average Bonchev–Trinajstić information content (AvgIpc) is 2.34. The van der Waals surface area contributed by atoms with Crippen LogP contribution in [0.1, 0.15) is 28.3 Å². The van der Waals surface area contributed by atoms with Gasteiger partial charge >= 0.3 is 0 Å². The van der Waals surface area contributed by atoms with Crippen LogP contribution in [0.25, 0.3) is 0 Å². The number of aryl methyl sites for hydroxylation is 2. The molecule has 0 saturated carbocycles. The van der Waals surface area contributed by atoms with E-state index in [0.29, 0.717) is 11.1 Å². The molecule has 1 unspecified atom stereocenters. The van der Waals surface area contributed by atoms with Gasteiger partial charge in [0.25, 0.3) is 0 Å². The van der Waals surface area contributed by atoms with Crippen molar-refractivity contribution in [2.45, 2.75) is 19.9 Å². The summed E-state index contributed by atoms with van der Waals surface area (Å²) in [6.07, 6.45) is 0. The van der Waals surface area contributed by atoms with Crippen LogP contribution in [0.15, 0.2) is 30.3 Å². The van der Waals surface area contributed by atoms with Crippen molar-refractivity contribution in [3.63, 3.8) is 0 Å². The Kier molecular flexibility index (Phi) is 4.38. The summed E-state index contributed by atoms with van der Waals surface area (Å²) in [4.78, 5) is 0. The first-order chi connectivity index (χ1) is 9.43. The quantitative estimate of drug-likeness (QED) is 0.668. The fourth-order valence-corrected chi connectivity index (χ4v) is 2.52. The molecule has 0 heterocycles. The van der Waals surface area contributed by atoms with Crippen LogP contribution in [0.5, 0.6) is 0 Å². The number of halogens is 3. The molecule has 1 atom stereocenters. The van der Waals surface area contributed by atoms with Gasteiger partial charge in [-0.15, -0.1) is 0 Å². The van der Waals surface area contributed by atoms with Crippen molar-refractivity contribution in [3.05, 3.63) is 69.2 Å². The number of rotatable bonds is 3. The molecule has 106 valence electrons. The van der Waals surface area contributed by atoms with Gasteiger partial charge in [-0.25, -0.2) is 14.2 Å². The summed E-state index contributed by atoms with van der Waals surface area (Å²) in [5.41, 5.74) is 4.57. The molecular weight excluding hydrogens is 282 g/mol. The van der Waals surface area contributed by atoms with Gasteiger partial charge in [-0.05, 0) is 43.2 Å². The lowest BCUT2D eigenvalue weighted by molar-refractivity contribution is 0.528. The lowest BCUT2D eigenvalue weighted by Gasteiger charge is -2.21. The minimum Gasteiger partial charge on any atom is -0.271 e. The van der Waals surface area contributed by atoms with Crippen LogP contribution < -0.4 is 11.3 Å². The molecule has 0 spiro atoms. The number of hydrogen-bond acceptors (Lipinski definition) is 2. The molecule has 0 bridgehead atoms. The molecule has 3 N–H and O–H groups in total. The van der Waals surface area contributed by atoms with Gasteiger partial charge in [-0.2, -0.15) is 0 Å². The molecular formula is C15H15ClF2N2. The summed E-state index contributed by atoms with van der Waals surface area (Å²) >= 11 is 5.73. The standard InChI is InChI=1S/C15H15ClF2N2/c1-8-5-9(2)14(13(18)6-8)15(20-19)11-4-3-10(16)7-12(11)17/h3-7,15,20H,19H2,1-2H3. The van der Waals surface area contributed by atoms with Crippen LogP contribution in [0.4, 0.5) is 8.78 Å². The smallest absolute Gasteiger partial charge is 0.129 e. The molecule has 0 aliphatic carbocycles. The Morgan fingerprint density at radius 1 is 1.10 bits per heavy atom. The number of benzene rings is 2. The zero-order chi connectivity index (χ0) is 14.9. The van der Waals surface area contributed by atoms with Crippen LogP contribution in [-0.2, 0) is 0 Å². The maximum Gasteiger partial charge on any atom is 0.129 e. The second kappa shape index (κ2) is 5.87. The summed E-state index contributed by atoms with van der Waals surface area (Å²) in [6, 6.07) is 6.69. The van der Waals surface area contributed by atoms with Gasteiger partial charge in [0.1, 0.15) is 11.6 Å². The van der Waals surface area contributed by atoms with Crippen LogP contribution >= 0.6 is 11.6 Å². The molecule has 0 amide bonds. The van der Waals surface area contributed by atoms with Crippen molar-refractivity contribution in [1.29, 1.82) is 0 Å². The highest BCUT2D eigenvalue weighted by atomic mass is 35.5. The third-order valence-corrected chi connectivity index (χ3v) is 3.44. The lowest BCUT2D eigenvalue weighted by atomic mass is 9.93. The minimum atomic E-state index is -0.770. The van der Waals surface area contributed by atoms with Crippen molar-refractivity contribution in [1.82, 2.24) is 5.43 Å². The van der Waals surface area contributed by atoms with Gasteiger partial charge in [0.2, 0.25) is 0 Å². The van der Waals surface area contributed by atoms with Gasteiger partial charge in [0, 0.05) is 16.1 Å². The van der Waals surface area contributed by atoms with E-state index in [2.05, 4.69) is 5.43 Å². The summed E-state index contributed by atoms with van der Waals surface area (Å²) in [5.74, 6) is 4.56. The normalized spacial score (nSPS) is 12.5. The van der Waals surface area contributed by atoms with E-state index in [9.17, 15) is 8.78 Å². The maximum absolute atomic E-state index is 14.2. The van der Waals surface area contributed by atoms with Crippen LogP contribution in [0, 0.1) is 25.5 Å². The maximum atomic E-state index is 14.2. The molecule has 2 nitrogen and oxygen atoms in total. The Hall–Kier alpha value is -1.49. The topological polar surface area (TPSA) is 38.0 Å². The van der Waals surface area contributed by atoms with Crippen molar-refractivity contribution in [3.8, 4) is 0 Å². The van der Waals surface area contributed by atoms with Crippen LogP contribution in [-0.4, -0.2) is 0 Å². The molecule has 5 heteroatoms. The predicted octanol–water partition coefficient (Wildman–Crippen LogP) is 3.79. The van der Waals surface area contributed by atoms with Crippen LogP contribution in [0.3, 0.4) is 0 Å². The second-order valence-electron chi connectivity index (χ2n) is 4.74. The van der Waals surface area contributed by atoms with E-state index in [4.69, 9.17) is 17.4 Å². The lowest BCUT2D eigenvalue weighted by Crippen LogP contribution is -2.31. The number of nitrogens with two attached hydrogens (primary N) is 1. The zero-order valence-electron chi connectivity index (χ0n) is 11.2. The Labute approximate surface area is 121 Å². The van der Waals surface area contributed by atoms with E-state index in [1.165, 1.54) is 18.2 Å². The minimum absolute atomic E-state index is 0.253. The third-order valence-electron chi connectivity index (χ3n) is 3.21. The fourth-order valence-electron chi connectivity index (χ4n) is 2.36. The number of hydrazine groups is 1. The van der Waals surface area contributed by atoms with E-state index in [1.54, 1.807) is 19.9 Å². The molecule has 0 aromatic heterocycles. The first-order valence-electron chi connectivity index (χ1n) is 6.11. The predicted molar refractivity (Wildman–Crippen MR) is 76.5 cm³/mol. The molecule has 0 radical (unpaired) electrons. The Bertz CT molecular complexity index is 621. The molecule has 2 aromatic rings. The first-order valence-corrected chi connectivity index (χ1v) is 6.49. The highest BCUT2D eigenvalue weighted by Gasteiger charge is 2.22. The number of hydrogen-bond donors (Lipinski definition) is 2. The second-order valence-corrected chi connectivity index (χ2v) is 5.18. The first kappa shape index (κ1) is 14.9. The molecule has 2 rings (SSSR count). The molecule has 0 saturated heterocycles. The van der Waals surface area contributed by atoms with Crippen molar-refractivity contribution < 1.29 is 8.78 Å². The van der Waals surface area contributed by atoms with Gasteiger partial charge < -0.3 is 0 Å². The van der Waals surface area contributed by atoms with Gasteiger partial charge in [0.15, 0.2) is 0 Å². The monoisotopic (exact) mass is 296 g/mol. The highest BCUT2D eigenvalue weighted by Crippen LogP contribution is 2.30. The summed E-state index contributed by atoms with van der Waals surface area (Å²) in [5, 5.41) is 0.281. The van der Waals surface area contributed by atoms with E-state index in [-0.39, 0.29) is 10.6 Å². The molecule has 0 aliphatic heterocycles. The fraction of sp³-hybridized carbons (Fsp3) is 0.200. The van der Waals surface area contributed by atoms with Crippen molar-refractivity contribution >= 4 is 11.6 Å². The third kappa shape index (κ3) is 2.82. The Morgan fingerprint density at radius 2 is 1.80 bits per heavy atom. The SMILES string of the molecule is Cc1cc(C)c(C(NN)c2ccc(Cl)cc2F)c(F)c1. The van der Waals surface area contributed by atoms with E-state index in [0.717, 1.165) is 5.56 Å². The highest BCUT2D eigenvalue weighted by molar-refractivity contribution is 6.30. The van der Waals surface area contributed by atoms with Gasteiger partial charge in [-0.3, -0.25) is 5.84 Å². The van der Waals surface area contributed by atoms with Crippen LogP contribution in [0.2, 0.25) is 5.02 Å². The Morgan fingerprint density at radius 3 is 2.35 bits per heavy atom. The van der Waals surface area contributed by atoms with Crippen molar-refractivity contribution in [2.24, 2.45) is 5.84 Å². The summed E-state index contributed by atoms with van der Waals surface area (Å²) in [6.45, 7) is 3.57. The zero-order valence-corrected chi connectivity index (χ0v) is 11.9. The number of nitrogens with one attached hydrogen (secondary N) is 1. The molecule has 20 heavy (non-hydrogen) atoms. The average molecular weight is 297 g/mol. The van der Waals surface area contributed by atoms with E-state index in [1.807, 2.05) is 6.07 Å². The molecule has 2 aromatic carbocycles. The Balaban J connectivity index is 2.58. The molecule has 0 aliphatic rings. The summed E-state index contributed by atoms with van der Waals surface area (Å²) in [7, 11) is 0. The molecule has 0 fully saturated rings. The van der Waals surface area contributed by atoms with Crippen molar-refractivity contribution in [2.75, 3.05) is 0 Å². The van der Waals surface area contributed by atoms with Gasteiger partial charge in [0.05, 0.1) is 6.04 Å². The largest absolute Gasteiger partial charge is 0.271 e. The van der Waals surface area contributed by atoms with E-state index < -0.39 is 17.7 Å². The van der Waals surface area contributed by atoms with E-state index >= 15 is 0 Å².